The monoisotopic (exact) mass is 434 g/mol. The number of rotatable bonds is 4. The summed E-state index contributed by atoms with van der Waals surface area (Å²) in [5, 5.41) is 0. The lowest BCUT2D eigenvalue weighted by molar-refractivity contribution is -0.119. The van der Waals surface area contributed by atoms with Crippen molar-refractivity contribution in [2.24, 2.45) is 0 Å². The van der Waals surface area contributed by atoms with E-state index in [4.69, 9.17) is 13.9 Å². The van der Waals surface area contributed by atoms with E-state index in [0.29, 0.717) is 45.6 Å². The Balaban J connectivity index is 1.41. The van der Waals surface area contributed by atoms with Gasteiger partial charge in [-0.25, -0.2) is 4.98 Å². The van der Waals surface area contributed by atoms with E-state index in [1.165, 1.54) is 0 Å². The molecule has 1 aromatic heterocycles. The summed E-state index contributed by atoms with van der Waals surface area (Å²) in [4.78, 5) is 19.6. The second kappa shape index (κ2) is 7.84. The number of fused-ring (bicyclic) bond motifs is 3. The summed E-state index contributed by atoms with van der Waals surface area (Å²) in [6.45, 7) is -0.121. The van der Waals surface area contributed by atoms with Crippen molar-refractivity contribution < 1.29 is 18.7 Å². The van der Waals surface area contributed by atoms with Gasteiger partial charge in [-0.15, -0.1) is 0 Å². The molecule has 0 bridgehead atoms. The van der Waals surface area contributed by atoms with Crippen LogP contribution in [0.1, 0.15) is 0 Å². The zero-order valence-electron chi connectivity index (χ0n) is 17.5. The molecule has 1 amide bonds. The van der Waals surface area contributed by atoms with Crippen molar-refractivity contribution in [2.45, 2.75) is 0 Å². The number of oxazole rings is 1. The smallest absolute Gasteiger partial charge is 0.269 e. The number of hydrogen-bond donors (Lipinski definition) is 0. The molecule has 2 heterocycles. The number of para-hydroxylation sites is 3. The van der Waals surface area contributed by atoms with E-state index in [1.807, 2.05) is 91.0 Å². The van der Waals surface area contributed by atoms with Gasteiger partial charge in [0.1, 0.15) is 11.3 Å². The summed E-state index contributed by atoms with van der Waals surface area (Å²) in [5.74, 6) is 2.02. The molecule has 0 fully saturated rings. The van der Waals surface area contributed by atoms with Crippen molar-refractivity contribution in [3.63, 3.8) is 0 Å². The first-order chi connectivity index (χ1) is 16.3. The number of nitrogens with zero attached hydrogens (tertiary/aromatic N) is 2. The van der Waals surface area contributed by atoms with E-state index in [-0.39, 0.29) is 12.5 Å². The molecule has 1 aliphatic heterocycles. The fourth-order valence-electron chi connectivity index (χ4n) is 3.88. The van der Waals surface area contributed by atoms with Crippen LogP contribution in [0, 0.1) is 0 Å². The minimum Gasteiger partial charge on any atom is -0.484 e. The van der Waals surface area contributed by atoms with Gasteiger partial charge in [0.25, 0.3) is 5.91 Å². The molecule has 6 heteroatoms. The fourth-order valence-corrected chi connectivity index (χ4v) is 3.88. The summed E-state index contributed by atoms with van der Waals surface area (Å²) < 4.78 is 17.8. The van der Waals surface area contributed by atoms with Crippen LogP contribution in [0.25, 0.3) is 22.6 Å². The van der Waals surface area contributed by atoms with Gasteiger partial charge >= 0.3 is 0 Å². The molecular weight excluding hydrogens is 416 g/mol. The van der Waals surface area contributed by atoms with Crippen molar-refractivity contribution in [3.05, 3.63) is 97.1 Å². The Morgan fingerprint density at radius 2 is 1.55 bits per heavy atom. The maximum Gasteiger partial charge on any atom is 0.269 e. The maximum absolute atomic E-state index is 13.4. The lowest BCUT2D eigenvalue weighted by Crippen LogP contribution is -2.32. The molecule has 0 aliphatic carbocycles. The highest BCUT2D eigenvalue weighted by atomic mass is 16.5. The number of carbonyl (C=O) groups excluding carboxylic acids is 1. The van der Waals surface area contributed by atoms with Gasteiger partial charge in [0.2, 0.25) is 5.89 Å². The van der Waals surface area contributed by atoms with E-state index >= 15 is 0 Å². The molecule has 0 unspecified atom stereocenters. The van der Waals surface area contributed by atoms with Crippen molar-refractivity contribution in [3.8, 4) is 28.7 Å². The van der Waals surface area contributed by atoms with Crippen LogP contribution in [0.15, 0.2) is 101 Å². The summed E-state index contributed by atoms with van der Waals surface area (Å²) in [5.41, 5.74) is 3.34. The van der Waals surface area contributed by atoms with Gasteiger partial charge in [0.05, 0.1) is 11.4 Å². The molecule has 0 N–H and O–H groups in total. The zero-order valence-corrected chi connectivity index (χ0v) is 17.5. The molecule has 6 rings (SSSR count). The number of amides is 1. The minimum absolute atomic E-state index is 0.121. The fraction of sp³-hybridized carbons (Fsp3) is 0.0370. The highest BCUT2D eigenvalue weighted by Gasteiger charge is 2.30. The Kier molecular flexibility index (Phi) is 4.54. The first kappa shape index (κ1) is 19.1. The van der Waals surface area contributed by atoms with Crippen LogP contribution in [-0.4, -0.2) is 17.5 Å². The van der Waals surface area contributed by atoms with E-state index in [2.05, 4.69) is 4.98 Å². The van der Waals surface area contributed by atoms with E-state index in [0.717, 1.165) is 5.56 Å². The highest BCUT2D eigenvalue weighted by molar-refractivity contribution is 6.06. The summed E-state index contributed by atoms with van der Waals surface area (Å²) in [6.07, 6.45) is 0. The van der Waals surface area contributed by atoms with Gasteiger partial charge < -0.3 is 13.9 Å². The minimum atomic E-state index is -0.220. The first-order valence-corrected chi connectivity index (χ1v) is 10.5. The molecule has 0 spiro atoms. The molecule has 33 heavy (non-hydrogen) atoms. The Labute approximate surface area is 189 Å². The first-order valence-electron chi connectivity index (χ1n) is 10.5. The van der Waals surface area contributed by atoms with Crippen molar-refractivity contribution in [1.29, 1.82) is 0 Å². The third kappa shape index (κ3) is 3.47. The van der Waals surface area contributed by atoms with Crippen LogP contribution >= 0.6 is 0 Å². The van der Waals surface area contributed by atoms with Crippen molar-refractivity contribution in [1.82, 2.24) is 4.98 Å². The number of aromatic nitrogens is 1. The number of hydrogen-bond acceptors (Lipinski definition) is 5. The Morgan fingerprint density at radius 3 is 2.36 bits per heavy atom. The van der Waals surface area contributed by atoms with E-state index in [9.17, 15) is 4.79 Å². The number of anilines is 2. The zero-order chi connectivity index (χ0) is 22.2. The van der Waals surface area contributed by atoms with Crippen LogP contribution in [0.5, 0.6) is 17.2 Å². The van der Waals surface area contributed by atoms with Crippen LogP contribution in [0.3, 0.4) is 0 Å². The molecule has 160 valence electrons. The normalized spacial score (nSPS) is 12.1. The molecule has 5 aromatic rings. The Morgan fingerprint density at radius 1 is 0.818 bits per heavy atom. The summed E-state index contributed by atoms with van der Waals surface area (Å²) in [6, 6.07) is 30.0. The lowest BCUT2D eigenvalue weighted by Gasteiger charge is -2.30. The van der Waals surface area contributed by atoms with Crippen molar-refractivity contribution >= 4 is 28.4 Å². The third-order valence-corrected chi connectivity index (χ3v) is 5.41. The molecule has 0 radical (unpaired) electrons. The standard InChI is InChI=1S/C27H18N2O4/c30-26(17-31-19-11-5-2-6-12-19)29-21-13-7-8-14-23(21)32-25-16-24-20(15-22(25)29)28-27(33-24)18-9-3-1-4-10-18/h1-16H,17H2. The van der Waals surface area contributed by atoms with Gasteiger partial charge in [-0.3, -0.25) is 9.69 Å². The van der Waals surface area contributed by atoms with Crippen molar-refractivity contribution in [2.75, 3.05) is 11.5 Å². The topological polar surface area (TPSA) is 64.8 Å². The predicted molar refractivity (Wildman–Crippen MR) is 125 cm³/mol. The number of carbonyl (C=O) groups is 1. The molecule has 6 nitrogen and oxygen atoms in total. The van der Waals surface area contributed by atoms with Gasteiger partial charge in [0.15, 0.2) is 23.7 Å². The van der Waals surface area contributed by atoms with Gasteiger partial charge in [-0.1, -0.05) is 48.5 Å². The summed E-state index contributed by atoms with van der Waals surface area (Å²) >= 11 is 0. The average molecular weight is 434 g/mol. The van der Waals surface area contributed by atoms with Gasteiger partial charge in [0, 0.05) is 11.6 Å². The molecule has 4 aromatic carbocycles. The summed E-state index contributed by atoms with van der Waals surface area (Å²) in [7, 11) is 0. The molecule has 0 atom stereocenters. The molecule has 0 saturated carbocycles. The molecule has 1 aliphatic rings. The maximum atomic E-state index is 13.4. The van der Waals surface area contributed by atoms with Gasteiger partial charge in [-0.05, 0) is 42.5 Å². The predicted octanol–water partition coefficient (Wildman–Crippen LogP) is 6.34. The van der Waals surface area contributed by atoms with Crippen LogP contribution in [0.2, 0.25) is 0 Å². The van der Waals surface area contributed by atoms with E-state index < -0.39 is 0 Å². The molecular formula is C27H18N2O4. The van der Waals surface area contributed by atoms with Gasteiger partial charge in [-0.2, -0.15) is 0 Å². The quantitative estimate of drug-likeness (QED) is 0.330. The second-order valence-corrected chi connectivity index (χ2v) is 7.57. The van der Waals surface area contributed by atoms with Crippen LogP contribution in [-0.2, 0) is 4.79 Å². The number of benzene rings is 4. The lowest BCUT2D eigenvalue weighted by atomic mass is 10.1. The van der Waals surface area contributed by atoms with Crippen LogP contribution in [0.4, 0.5) is 11.4 Å². The van der Waals surface area contributed by atoms with Crippen LogP contribution < -0.4 is 14.4 Å². The number of ether oxygens (including phenoxy) is 2. The SMILES string of the molecule is O=C(COc1ccccc1)N1c2ccccc2Oc2cc3oc(-c4ccccc4)nc3cc21. The Hall–Kier alpha value is -4.58. The largest absolute Gasteiger partial charge is 0.484 e. The average Bonchev–Trinajstić information content (AvgIpc) is 3.28. The van der Waals surface area contributed by atoms with E-state index in [1.54, 1.807) is 11.0 Å². The third-order valence-electron chi connectivity index (χ3n) is 5.41. The second-order valence-electron chi connectivity index (χ2n) is 7.57. The molecule has 0 saturated heterocycles. The Bertz CT molecular complexity index is 1460. The highest BCUT2D eigenvalue weighted by Crippen LogP contribution is 2.48.